The summed E-state index contributed by atoms with van der Waals surface area (Å²) < 4.78 is 28.8. The molecule has 1 atom stereocenters. The van der Waals surface area contributed by atoms with Gasteiger partial charge in [0, 0.05) is 23.3 Å². The largest absolute Gasteiger partial charge is 0.243 e. The Morgan fingerprint density at radius 3 is 1.90 bits per heavy atom. The van der Waals surface area contributed by atoms with Crippen LogP contribution in [0.5, 0.6) is 0 Å². The maximum absolute atomic E-state index is 13.6. The Morgan fingerprint density at radius 1 is 0.897 bits per heavy atom. The van der Waals surface area contributed by atoms with Gasteiger partial charge in [-0.2, -0.15) is 4.31 Å². The number of hydrogen-bond acceptors (Lipinski definition) is 2. The van der Waals surface area contributed by atoms with Crippen LogP contribution < -0.4 is 0 Å². The number of alkyl halides is 1. The average Bonchev–Trinajstić information content (AvgIpc) is 3.17. The summed E-state index contributed by atoms with van der Waals surface area (Å²) in [7, 11) is -3.60. The van der Waals surface area contributed by atoms with Crippen molar-refractivity contribution in [2.75, 3.05) is 11.9 Å². The molecule has 1 aliphatic heterocycles. The number of aryl methyl sites for hydroxylation is 1. The minimum absolute atomic E-state index is 0.123. The molecule has 1 heterocycles. The highest BCUT2D eigenvalue weighted by atomic mass is 79.9. The summed E-state index contributed by atoms with van der Waals surface area (Å²) in [5, 5.41) is 0.597. The van der Waals surface area contributed by atoms with Gasteiger partial charge in [0.1, 0.15) is 0 Å². The van der Waals surface area contributed by atoms with Gasteiger partial charge in [0.2, 0.25) is 10.0 Å². The second-order valence-corrected chi connectivity index (χ2v) is 10.2. The van der Waals surface area contributed by atoms with E-state index < -0.39 is 10.0 Å². The van der Waals surface area contributed by atoms with Crippen molar-refractivity contribution >= 4 is 26.0 Å². The van der Waals surface area contributed by atoms with Gasteiger partial charge in [0.15, 0.2) is 0 Å². The van der Waals surface area contributed by atoms with Crippen molar-refractivity contribution in [2.24, 2.45) is 0 Å². The van der Waals surface area contributed by atoms with Gasteiger partial charge in [-0.1, -0.05) is 94.3 Å². The van der Waals surface area contributed by atoms with E-state index in [1.54, 1.807) is 16.4 Å². The minimum atomic E-state index is -3.60. The zero-order valence-corrected chi connectivity index (χ0v) is 18.7. The lowest BCUT2D eigenvalue weighted by Crippen LogP contribution is -2.38. The second kappa shape index (κ2) is 8.05. The molecule has 1 saturated heterocycles. The third kappa shape index (κ3) is 3.67. The van der Waals surface area contributed by atoms with Crippen LogP contribution in [-0.4, -0.2) is 30.6 Å². The summed E-state index contributed by atoms with van der Waals surface area (Å²) in [4.78, 5) is 0.353. The van der Waals surface area contributed by atoms with Crippen molar-refractivity contribution in [2.45, 2.75) is 29.7 Å². The molecule has 5 heteroatoms. The zero-order chi connectivity index (χ0) is 20.5. The standard InChI is InChI=1S/C24H24BrNO2S/c1-19-12-14-23(15-13-19)29(27,28)26-18-24(16-22(26)17-25,20-8-4-2-5-9-20)21-10-6-3-7-11-21/h2-15,22H,16-18H2,1H3. The van der Waals surface area contributed by atoms with Crippen molar-refractivity contribution < 1.29 is 8.42 Å². The number of halogens is 1. The summed E-state index contributed by atoms with van der Waals surface area (Å²) in [6.07, 6.45) is 0.734. The maximum Gasteiger partial charge on any atom is 0.243 e. The SMILES string of the molecule is Cc1ccc(S(=O)(=O)N2CC(c3ccccc3)(c3ccccc3)CC2CBr)cc1. The summed E-state index contributed by atoms with van der Waals surface area (Å²) >= 11 is 3.58. The number of rotatable bonds is 5. The molecule has 29 heavy (non-hydrogen) atoms. The summed E-state index contributed by atoms with van der Waals surface area (Å²) in [6.45, 7) is 2.39. The second-order valence-electron chi connectivity index (χ2n) is 7.69. The van der Waals surface area contributed by atoms with Crippen LogP contribution >= 0.6 is 15.9 Å². The molecular weight excluding hydrogens is 446 g/mol. The summed E-state index contributed by atoms with van der Waals surface area (Å²) in [5.41, 5.74) is 2.97. The molecule has 0 aromatic heterocycles. The Kier molecular flexibility index (Phi) is 5.65. The fourth-order valence-corrected chi connectivity index (χ4v) is 6.77. The van der Waals surface area contributed by atoms with Crippen LogP contribution in [0, 0.1) is 6.92 Å². The number of benzene rings is 3. The molecular formula is C24H24BrNO2S. The van der Waals surface area contributed by atoms with E-state index in [0.717, 1.165) is 23.1 Å². The van der Waals surface area contributed by atoms with E-state index in [9.17, 15) is 8.42 Å². The topological polar surface area (TPSA) is 37.4 Å². The minimum Gasteiger partial charge on any atom is -0.207 e. The van der Waals surface area contributed by atoms with E-state index in [2.05, 4.69) is 40.2 Å². The number of sulfonamides is 1. The molecule has 1 fully saturated rings. The monoisotopic (exact) mass is 469 g/mol. The Labute approximate surface area is 181 Å². The molecule has 150 valence electrons. The molecule has 1 unspecified atom stereocenters. The van der Waals surface area contributed by atoms with E-state index >= 15 is 0 Å². The fraction of sp³-hybridized carbons (Fsp3) is 0.250. The van der Waals surface area contributed by atoms with Gasteiger partial charge in [0.05, 0.1) is 4.90 Å². The van der Waals surface area contributed by atoms with Gasteiger partial charge in [-0.15, -0.1) is 0 Å². The molecule has 3 nitrogen and oxygen atoms in total. The van der Waals surface area contributed by atoms with E-state index in [-0.39, 0.29) is 11.5 Å². The Bertz CT molecular complexity index is 1030. The summed E-state index contributed by atoms with van der Waals surface area (Å²) in [6, 6.07) is 27.6. The van der Waals surface area contributed by atoms with Crippen LogP contribution in [0.25, 0.3) is 0 Å². The maximum atomic E-state index is 13.6. The Morgan fingerprint density at radius 2 is 1.41 bits per heavy atom. The third-order valence-electron chi connectivity index (χ3n) is 5.88. The first-order valence-corrected chi connectivity index (χ1v) is 12.3. The Hall–Kier alpha value is -1.95. The number of hydrogen-bond donors (Lipinski definition) is 0. The predicted molar refractivity (Wildman–Crippen MR) is 121 cm³/mol. The third-order valence-corrected chi connectivity index (χ3v) is 8.54. The zero-order valence-electron chi connectivity index (χ0n) is 16.3. The summed E-state index contributed by atoms with van der Waals surface area (Å²) in [5.74, 6) is 0. The molecule has 0 spiro atoms. The van der Waals surface area contributed by atoms with Gasteiger partial charge in [0.25, 0.3) is 0 Å². The molecule has 1 aliphatic rings. The quantitative estimate of drug-likeness (QED) is 0.485. The van der Waals surface area contributed by atoms with Gasteiger partial charge >= 0.3 is 0 Å². The molecule has 4 rings (SSSR count). The van der Waals surface area contributed by atoms with E-state index in [0.29, 0.717) is 16.8 Å². The van der Waals surface area contributed by atoms with Crippen LogP contribution in [0.4, 0.5) is 0 Å². The lowest BCUT2D eigenvalue weighted by atomic mass is 9.73. The molecule has 0 amide bonds. The average molecular weight is 470 g/mol. The normalized spacial score (nSPS) is 19.3. The van der Waals surface area contributed by atoms with Crippen molar-refractivity contribution in [3.05, 3.63) is 102 Å². The van der Waals surface area contributed by atoms with Crippen molar-refractivity contribution in [1.82, 2.24) is 4.31 Å². The van der Waals surface area contributed by atoms with Gasteiger partial charge in [-0.25, -0.2) is 8.42 Å². The first-order valence-electron chi connectivity index (χ1n) is 9.73. The Balaban J connectivity index is 1.83. The van der Waals surface area contributed by atoms with Crippen LogP contribution in [0.2, 0.25) is 0 Å². The molecule has 0 bridgehead atoms. The highest BCUT2D eigenvalue weighted by Gasteiger charge is 2.50. The van der Waals surface area contributed by atoms with Crippen molar-refractivity contribution in [3.8, 4) is 0 Å². The van der Waals surface area contributed by atoms with Crippen LogP contribution in [0.3, 0.4) is 0 Å². The van der Waals surface area contributed by atoms with Gasteiger partial charge in [-0.05, 0) is 36.6 Å². The molecule has 0 saturated carbocycles. The lowest BCUT2D eigenvalue weighted by molar-refractivity contribution is 0.408. The van der Waals surface area contributed by atoms with E-state index in [1.165, 1.54) is 0 Å². The van der Waals surface area contributed by atoms with E-state index in [4.69, 9.17) is 0 Å². The molecule has 0 aliphatic carbocycles. The smallest absolute Gasteiger partial charge is 0.207 e. The van der Waals surface area contributed by atoms with Crippen LogP contribution in [0.1, 0.15) is 23.1 Å². The van der Waals surface area contributed by atoms with Gasteiger partial charge in [-0.3, -0.25) is 0 Å². The predicted octanol–water partition coefficient (Wildman–Crippen LogP) is 5.14. The molecule has 3 aromatic carbocycles. The van der Waals surface area contributed by atoms with Crippen molar-refractivity contribution in [1.29, 1.82) is 0 Å². The van der Waals surface area contributed by atoms with Crippen LogP contribution in [0.15, 0.2) is 89.8 Å². The first-order chi connectivity index (χ1) is 14.0. The molecule has 0 N–H and O–H groups in total. The highest BCUT2D eigenvalue weighted by molar-refractivity contribution is 9.09. The van der Waals surface area contributed by atoms with Gasteiger partial charge < -0.3 is 0 Å². The fourth-order valence-electron chi connectivity index (χ4n) is 4.32. The van der Waals surface area contributed by atoms with Crippen LogP contribution in [-0.2, 0) is 15.4 Å². The lowest BCUT2D eigenvalue weighted by Gasteiger charge is -2.30. The molecule has 3 aromatic rings. The van der Waals surface area contributed by atoms with E-state index in [1.807, 2.05) is 55.5 Å². The molecule has 0 radical (unpaired) electrons. The van der Waals surface area contributed by atoms with Crippen molar-refractivity contribution in [3.63, 3.8) is 0 Å². The number of nitrogens with zero attached hydrogens (tertiary/aromatic N) is 1. The highest BCUT2D eigenvalue weighted by Crippen LogP contribution is 2.45. The first kappa shape index (κ1) is 20.3.